The zero-order chi connectivity index (χ0) is 17.0. The van der Waals surface area contributed by atoms with Gasteiger partial charge in [0, 0.05) is 28.8 Å². The highest BCUT2D eigenvalue weighted by atomic mass is 35.5. The monoisotopic (exact) mass is 358 g/mol. The lowest BCUT2D eigenvalue weighted by Gasteiger charge is -2.27. The molecule has 126 valence electrons. The molecule has 0 bridgehead atoms. The van der Waals surface area contributed by atoms with Gasteiger partial charge < -0.3 is 16.0 Å². The van der Waals surface area contributed by atoms with E-state index < -0.39 is 0 Å². The van der Waals surface area contributed by atoms with E-state index in [9.17, 15) is 9.59 Å². The van der Waals surface area contributed by atoms with E-state index in [1.54, 1.807) is 12.1 Å². The van der Waals surface area contributed by atoms with Crippen LogP contribution in [0, 0.1) is 5.92 Å². The van der Waals surface area contributed by atoms with E-state index in [1.807, 2.05) is 13.0 Å². The molecule has 2 amide bonds. The number of hydrogen-bond donors (Lipinski definition) is 3. The zero-order valence-corrected chi connectivity index (χ0v) is 14.6. The second kappa shape index (κ2) is 7.99. The number of hydrogen-bond acceptors (Lipinski definition) is 2. The van der Waals surface area contributed by atoms with Crippen LogP contribution in [0.5, 0.6) is 0 Å². The molecule has 0 aliphatic carbocycles. The van der Waals surface area contributed by atoms with Gasteiger partial charge in [-0.25, -0.2) is 0 Å². The molecule has 0 unspecified atom stereocenters. The van der Waals surface area contributed by atoms with Crippen molar-refractivity contribution in [1.82, 2.24) is 5.32 Å². The van der Waals surface area contributed by atoms with Gasteiger partial charge in [-0.05, 0) is 24.6 Å². The van der Waals surface area contributed by atoms with Gasteiger partial charge in [-0.15, -0.1) is 0 Å². The molecule has 0 saturated carbocycles. The average Bonchev–Trinajstić information content (AvgIpc) is 2.47. The molecule has 1 aliphatic heterocycles. The first-order valence-electron chi connectivity index (χ1n) is 7.74. The summed E-state index contributed by atoms with van der Waals surface area (Å²) >= 11 is 12.0. The Balaban J connectivity index is 1.84. The molecular formula is C16H22Cl2N3O2+. The normalized spacial score (nSPS) is 22.4. The quantitative estimate of drug-likeness (QED) is 0.732. The molecule has 4 N–H and O–H groups in total. The first kappa shape index (κ1) is 18.0. The highest BCUT2D eigenvalue weighted by Crippen LogP contribution is 2.25. The lowest BCUT2D eigenvalue weighted by molar-refractivity contribution is -0.897. The first-order valence-corrected chi connectivity index (χ1v) is 8.49. The molecule has 1 atom stereocenters. The third-order valence-electron chi connectivity index (χ3n) is 4.31. The zero-order valence-electron chi connectivity index (χ0n) is 13.1. The van der Waals surface area contributed by atoms with Crippen LogP contribution in [0.15, 0.2) is 18.2 Å². The summed E-state index contributed by atoms with van der Waals surface area (Å²) in [6.07, 6.45) is 1.49. The number of quaternary nitrogens is 1. The number of likely N-dealkylation sites (tertiary alicyclic amines) is 1. The molecule has 1 fully saturated rings. The number of nitrogens with one attached hydrogen (secondary N) is 2. The van der Waals surface area contributed by atoms with Gasteiger partial charge in [0.05, 0.1) is 19.1 Å². The van der Waals surface area contributed by atoms with E-state index in [4.69, 9.17) is 28.9 Å². The number of carbonyl (C=O) groups excluding carboxylic acids is 2. The summed E-state index contributed by atoms with van der Waals surface area (Å²) < 4.78 is 0. The fraction of sp³-hybridized carbons (Fsp3) is 0.500. The predicted molar refractivity (Wildman–Crippen MR) is 90.5 cm³/mol. The van der Waals surface area contributed by atoms with Crippen molar-refractivity contribution in [3.05, 3.63) is 33.8 Å². The molecule has 1 aliphatic rings. The van der Waals surface area contributed by atoms with Crippen LogP contribution in [-0.4, -0.2) is 31.4 Å². The third-order valence-corrected chi connectivity index (χ3v) is 4.87. The number of nitrogens with two attached hydrogens (primary N) is 1. The van der Waals surface area contributed by atoms with Crippen molar-refractivity contribution in [2.45, 2.75) is 25.8 Å². The minimum absolute atomic E-state index is 0.0314. The van der Waals surface area contributed by atoms with Gasteiger partial charge in [0.15, 0.2) is 6.54 Å². The molecule has 1 saturated heterocycles. The highest BCUT2D eigenvalue weighted by Gasteiger charge is 2.27. The molecule has 1 aromatic rings. The van der Waals surface area contributed by atoms with Crippen molar-refractivity contribution < 1.29 is 14.5 Å². The van der Waals surface area contributed by atoms with Gasteiger partial charge in [0.1, 0.15) is 0 Å². The average molecular weight is 359 g/mol. The minimum atomic E-state index is -0.237. The summed E-state index contributed by atoms with van der Waals surface area (Å²) in [5, 5.41) is 4.07. The van der Waals surface area contributed by atoms with Gasteiger partial charge in [0.2, 0.25) is 5.91 Å². The van der Waals surface area contributed by atoms with Crippen molar-refractivity contribution in [3.63, 3.8) is 0 Å². The van der Waals surface area contributed by atoms with Gasteiger partial charge in [-0.2, -0.15) is 0 Å². The van der Waals surface area contributed by atoms with Gasteiger partial charge in [0.25, 0.3) is 5.91 Å². The number of piperidine rings is 1. The predicted octanol–water partition coefficient (Wildman–Crippen LogP) is 0.951. The number of halogens is 2. The van der Waals surface area contributed by atoms with Crippen molar-refractivity contribution >= 4 is 35.0 Å². The van der Waals surface area contributed by atoms with Crippen molar-refractivity contribution in [1.29, 1.82) is 0 Å². The molecule has 7 heteroatoms. The van der Waals surface area contributed by atoms with E-state index >= 15 is 0 Å². The molecule has 0 radical (unpaired) electrons. The standard InChI is InChI=1S/C16H21Cl2N3O2/c1-10(13-3-2-12(17)8-14(13)18)20-15(22)9-21-6-4-11(5-7-21)16(19)23/h2-3,8,10-11H,4-7,9H2,1H3,(H2,19,23)(H,20,22)/p+1/t10-/m0/s1. The van der Waals surface area contributed by atoms with E-state index in [0.717, 1.165) is 31.5 Å². The highest BCUT2D eigenvalue weighted by molar-refractivity contribution is 6.35. The molecule has 1 heterocycles. The molecular weight excluding hydrogens is 337 g/mol. The largest absolute Gasteiger partial charge is 0.369 e. The molecule has 2 rings (SSSR count). The Morgan fingerprint density at radius 1 is 1.35 bits per heavy atom. The maximum atomic E-state index is 12.2. The smallest absolute Gasteiger partial charge is 0.275 e. The second-order valence-corrected chi connectivity index (χ2v) is 6.90. The topological polar surface area (TPSA) is 76.6 Å². The lowest BCUT2D eigenvalue weighted by Crippen LogP contribution is -3.14. The molecule has 0 aromatic heterocycles. The Hall–Kier alpha value is -1.30. The van der Waals surface area contributed by atoms with Crippen LogP contribution in [0.3, 0.4) is 0 Å². The Bertz CT molecular complexity index is 587. The van der Waals surface area contributed by atoms with Crippen molar-refractivity contribution in [2.75, 3.05) is 19.6 Å². The molecule has 1 aromatic carbocycles. The maximum absolute atomic E-state index is 12.2. The summed E-state index contributed by atoms with van der Waals surface area (Å²) in [5.41, 5.74) is 6.16. The summed E-state index contributed by atoms with van der Waals surface area (Å²) in [6.45, 7) is 3.86. The Morgan fingerprint density at radius 3 is 2.57 bits per heavy atom. The van der Waals surface area contributed by atoms with Crippen LogP contribution in [0.2, 0.25) is 10.0 Å². The number of amides is 2. The number of carbonyl (C=O) groups is 2. The van der Waals surface area contributed by atoms with Crippen molar-refractivity contribution in [3.8, 4) is 0 Å². The Kier molecular flexibility index (Phi) is 6.27. The summed E-state index contributed by atoms with van der Waals surface area (Å²) in [7, 11) is 0. The van der Waals surface area contributed by atoms with Crippen LogP contribution in [-0.2, 0) is 9.59 Å². The SMILES string of the molecule is C[C@H](NC(=O)C[NH+]1CCC(C(N)=O)CC1)c1ccc(Cl)cc1Cl. The van der Waals surface area contributed by atoms with E-state index in [-0.39, 0.29) is 23.8 Å². The maximum Gasteiger partial charge on any atom is 0.275 e. The van der Waals surface area contributed by atoms with E-state index in [0.29, 0.717) is 16.6 Å². The van der Waals surface area contributed by atoms with E-state index in [2.05, 4.69) is 5.32 Å². The first-order chi connectivity index (χ1) is 10.9. The fourth-order valence-electron chi connectivity index (χ4n) is 2.94. The molecule has 5 nitrogen and oxygen atoms in total. The Labute approximate surface area is 146 Å². The third kappa shape index (κ3) is 5.09. The molecule has 0 spiro atoms. The summed E-state index contributed by atoms with van der Waals surface area (Å²) in [6, 6.07) is 5.06. The Morgan fingerprint density at radius 2 is 2.00 bits per heavy atom. The van der Waals surface area contributed by atoms with Crippen LogP contribution < -0.4 is 16.0 Å². The van der Waals surface area contributed by atoms with Crippen LogP contribution in [0.1, 0.15) is 31.4 Å². The number of primary amides is 1. The number of benzene rings is 1. The van der Waals surface area contributed by atoms with Gasteiger partial charge in [-0.1, -0.05) is 29.3 Å². The van der Waals surface area contributed by atoms with Gasteiger partial charge >= 0.3 is 0 Å². The van der Waals surface area contributed by atoms with E-state index in [1.165, 1.54) is 4.90 Å². The molecule has 23 heavy (non-hydrogen) atoms. The van der Waals surface area contributed by atoms with Crippen LogP contribution in [0.25, 0.3) is 0 Å². The van der Waals surface area contributed by atoms with Crippen LogP contribution >= 0.6 is 23.2 Å². The fourth-order valence-corrected chi connectivity index (χ4v) is 3.51. The van der Waals surface area contributed by atoms with Crippen LogP contribution in [0.4, 0.5) is 0 Å². The number of rotatable bonds is 5. The summed E-state index contributed by atoms with van der Waals surface area (Å²) in [5.74, 6) is -0.316. The van der Waals surface area contributed by atoms with Crippen molar-refractivity contribution in [2.24, 2.45) is 11.7 Å². The minimum Gasteiger partial charge on any atom is -0.369 e. The lowest BCUT2D eigenvalue weighted by atomic mass is 9.96. The van der Waals surface area contributed by atoms with Gasteiger partial charge in [-0.3, -0.25) is 9.59 Å². The summed E-state index contributed by atoms with van der Waals surface area (Å²) in [4.78, 5) is 24.5. The second-order valence-electron chi connectivity index (χ2n) is 6.06.